The summed E-state index contributed by atoms with van der Waals surface area (Å²) < 4.78 is 43.9. The Morgan fingerprint density at radius 3 is 2.26 bits per heavy atom. The highest BCUT2D eigenvalue weighted by atomic mass is 19.4. The average Bonchev–Trinajstić information content (AvgIpc) is 2.92. The van der Waals surface area contributed by atoms with Crippen molar-refractivity contribution >= 4 is 22.7 Å². The Labute approximate surface area is 226 Å². The predicted molar refractivity (Wildman–Crippen MR) is 149 cm³/mol. The third-order valence-electron chi connectivity index (χ3n) is 7.05. The van der Waals surface area contributed by atoms with Gasteiger partial charge in [-0.2, -0.15) is 4.98 Å². The van der Waals surface area contributed by atoms with Crippen molar-refractivity contribution in [3.8, 4) is 16.9 Å². The summed E-state index contributed by atoms with van der Waals surface area (Å²) >= 11 is 0. The number of hydrogen-bond acceptors (Lipinski definition) is 6. The molecular formula is C30H32F3N5O. The lowest BCUT2D eigenvalue weighted by molar-refractivity contribution is -0.274. The van der Waals surface area contributed by atoms with E-state index in [1.165, 1.54) is 6.07 Å². The Balaban J connectivity index is 1.21. The van der Waals surface area contributed by atoms with Crippen LogP contribution in [0.2, 0.25) is 0 Å². The molecule has 3 aromatic carbocycles. The van der Waals surface area contributed by atoms with E-state index < -0.39 is 6.36 Å². The van der Waals surface area contributed by atoms with Crippen LogP contribution in [0.5, 0.6) is 5.75 Å². The van der Waals surface area contributed by atoms with E-state index >= 15 is 0 Å². The molecule has 4 aromatic rings. The van der Waals surface area contributed by atoms with E-state index in [-0.39, 0.29) is 17.8 Å². The summed E-state index contributed by atoms with van der Waals surface area (Å²) in [4.78, 5) is 11.4. The van der Waals surface area contributed by atoms with Crippen LogP contribution < -0.4 is 20.3 Å². The van der Waals surface area contributed by atoms with Gasteiger partial charge < -0.3 is 20.3 Å². The second kappa shape index (κ2) is 11.5. The van der Waals surface area contributed by atoms with Gasteiger partial charge in [-0.1, -0.05) is 54.6 Å². The van der Waals surface area contributed by atoms with Gasteiger partial charge in [-0.15, -0.1) is 13.2 Å². The molecule has 0 bridgehead atoms. The molecule has 0 aliphatic heterocycles. The monoisotopic (exact) mass is 535 g/mol. The molecule has 39 heavy (non-hydrogen) atoms. The maximum atomic E-state index is 13.2. The van der Waals surface area contributed by atoms with Crippen LogP contribution in [0, 0.1) is 0 Å². The molecule has 0 saturated heterocycles. The third kappa shape index (κ3) is 6.78. The molecule has 5 rings (SSSR count). The molecular weight excluding hydrogens is 503 g/mol. The van der Waals surface area contributed by atoms with Gasteiger partial charge in [-0.05, 0) is 55.0 Å². The van der Waals surface area contributed by atoms with Crippen molar-refractivity contribution in [3.63, 3.8) is 0 Å². The van der Waals surface area contributed by atoms with Gasteiger partial charge in [0.15, 0.2) is 0 Å². The number of hydrogen-bond donors (Lipinski definition) is 2. The number of fused-ring (bicyclic) bond motifs is 1. The van der Waals surface area contributed by atoms with Gasteiger partial charge in [0.2, 0.25) is 5.95 Å². The number of halogens is 3. The highest BCUT2D eigenvalue weighted by Crippen LogP contribution is 2.32. The Morgan fingerprint density at radius 2 is 1.54 bits per heavy atom. The van der Waals surface area contributed by atoms with Crippen LogP contribution in [-0.2, 0) is 6.54 Å². The van der Waals surface area contributed by atoms with Gasteiger partial charge in [-0.25, -0.2) is 4.98 Å². The minimum Gasteiger partial charge on any atom is -0.405 e. The summed E-state index contributed by atoms with van der Waals surface area (Å²) in [7, 11) is 3.94. The third-order valence-corrected chi connectivity index (χ3v) is 7.05. The van der Waals surface area contributed by atoms with E-state index in [9.17, 15) is 13.2 Å². The highest BCUT2D eigenvalue weighted by Gasteiger charge is 2.32. The first-order chi connectivity index (χ1) is 18.7. The Morgan fingerprint density at radius 1 is 0.846 bits per heavy atom. The number of aromatic nitrogens is 2. The molecule has 0 unspecified atom stereocenters. The molecule has 1 aliphatic rings. The van der Waals surface area contributed by atoms with Gasteiger partial charge in [0.1, 0.15) is 11.6 Å². The van der Waals surface area contributed by atoms with Crippen molar-refractivity contribution in [2.45, 2.75) is 50.7 Å². The number of benzene rings is 3. The summed E-state index contributed by atoms with van der Waals surface area (Å²) in [6.45, 7) is 0.295. The zero-order chi connectivity index (χ0) is 27.4. The standard InChI is InChI=1S/C30H32F3N5O/c1-38(2)28-25-10-6-7-11-26(25)36-29(37-28)35-24-16-14-23(15-17-24)34-19-22-13-12-21(20-8-4-3-5-9-20)18-27(22)39-30(31,32)33/h3-13,18,23-24,34H,14-17,19H2,1-2H3,(H,35,36,37). The smallest absolute Gasteiger partial charge is 0.405 e. The van der Waals surface area contributed by atoms with Crippen LogP contribution in [0.25, 0.3) is 22.0 Å². The van der Waals surface area contributed by atoms with Gasteiger partial charge in [-0.3, -0.25) is 0 Å². The number of nitrogens with zero attached hydrogens (tertiary/aromatic N) is 3. The van der Waals surface area contributed by atoms with Gasteiger partial charge in [0.25, 0.3) is 0 Å². The summed E-state index contributed by atoms with van der Waals surface area (Å²) in [6, 6.07) is 22.7. The minimum atomic E-state index is -4.76. The summed E-state index contributed by atoms with van der Waals surface area (Å²) in [6.07, 6.45) is -1.16. The Kier molecular flexibility index (Phi) is 7.88. The van der Waals surface area contributed by atoms with Crippen LogP contribution in [0.4, 0.5) is 24.9 Å². The number of ether oxygens (including phenoxy) is 1. The maximum Gasteiger partial charge on any atom is 0.573 e. The maximum absolute atomic E-state index is 13.2. The molecule has 1 aliphatic carbocycles. The predicted octanol–water partition coefficient (Wildman–Crippen LogP) is 6.77. The first-order valence-corrected chi connectivity index (χ1v) is 13.1. The van der Waals surface area contributed by atoms with Gasteiger partial charge >= 0.3 is 6.36 Å². The molecule has 1 heterocycles. The number of rotatable bonds is 8. The number of alkyl halides is 3. The van der Waals surface area contributed by atoms with Crippen LogP contribution in [0.3, 0.4) is 0 Å². The quantitative estimate of drug-likeness (QED) is 0.260. The van der Waals surface area contributed by atoms with Crippen molar-refractivity contribution in [3.05, 3.63) is 78.4 Å². The van der Waals surface area contributed by atoms with Gasteiger partial charge in [0, 0.05) is 43.7 Å². The fourth-order valence-corrected chi connectivity index (χ4v) is 5.07. The van der Waals surface area contributed by atoms with E-state index in [2.05, 4.69) is 15.4 Å². The summed E-state index contributed by atoms with van der Waals surface area (Å²) in [5, 5.41) is 7.95. The van der Waals surface area contributed by atoms with Crippen molar-refractivity contribution in [1.29, 1.82) is 0 Å². The summed E-state index contributed by atoms with van der Waals surface area (Å²) in [5.41, 5.74) is 2.89. The van der Waals surface area contributed by atoms with E-state index in [1.807, 2.05) is 79.7 Å². The zero-order valence-corrected chi connectivity index (χ0v) is 22.0. The largest absolute Gasteiger partial charge is 0.573 e. The van der Waals surface area contributed by atoms with Gasteiger partial charge in [0.05, 0.1) is 5.52 Å². The molecule has 9 heteroatoms. The Bertz CT molecular complexity index is 1400. The van der Waals surface area contributed by atoms with E-state index in [4.69, 9.17) is 9.97 Å². The number of para-hydroxylation sites is 1. The van der Waals surface area contributed by atoms with Crippen molar-refractivity contribution in [2.75, 3.05) is 24.3 Å². The second-order valence-electron chi connectivity index (χ2n) is 10.1. The van der Waals surface area contributed by atoms with Crippen LogP contribution in [0.15, 0.2) is 72.8 Å². The minimum absolute atomic E-state index is 0.170. The first kappa shape index (κ1) is 26.7. The Hall–Kier alpha value is -3.85. The van der Waals surface area contributed by atoms with Crippen LogP contribution in [-0.4, -0.2) is 42.5 Å². The van der Waals surface area contributed by atoms with Crippen molar-refractivity contribution in [1.82, 2.24) is 15.3 Å². The lowest BCUT2D eigenvalue weighted by atomic mass is 9.91. The molecule has 1 fully saturated rings. The van der Waals surface area contributed by atoms with Crippen LogP contribution in [0.1, 0.15) is 31.2 Å². The average molecular weight is 536 g/mol. The number of anilines is 2. The summed E-state index contributed by atoms with van der Waals surface area (Å²) in [5.74, 6) is 1.31. The van der Waals surface area contributed by atoms with E-state index in [1.54, 1.807) is 6.07 Å². The lowest BCUT2D eigenvalue weighted by Crippen LogP contribution is -2.37. The topological polar surface area (TPSA) is 62.3 Å². The first-order valence-electron chi connectivity index (χ1n) is 13.1. The molecule has 1 aromatic heterocycles. The molecule has 6 nitrogen and oxygen atoms in total. The lowest BCUT2D eigenvalue weighted by Gasteiger charge is -2.30. The molecule has 0 radical (unpaired) electrons. The van der Waals surface area contributed by atoms with Crippen LogP contribution >= 0.6 is 0 Å². The van der Waals surface area contributed by atoms with E-state index in [0.29, 0.717) is 23.6 Å². The van der Waals surface area contributed by atoms with Crippen molar-refractivity contribution in [2.24, 2.45) is 0 Å². The highest BCUT2D eigenvalue weighted by molar-refractivity contribution is 5.90. The SMILES string of the molecule is CN(C)c1nc(NC2CCC(NCc3ccc(-c4ccccc4)cc3OC(F)(F)F)CC2)nc2ccccc12. The molecule has 0 spiro atoms. The zero-order valence-electron chi connectivity index (χ0n) is 22.0. The van der Waals surface area contributed by atoms with E-state index in [0.717, 1.165) is 48.0 Å². The molecule has 1 saturated carbocycles. The fraction of sp³-hybridized carbons (Fsp3) is 0.333. The second-order valence-corrected chi connectivity index (χ2v) is 10.1. The molecule has 0 atom stereocenters. The molecule has 204 valence electrons. The fourth-order valence-electron chi connectivity index (χ4n) is 5.07. The van der Waals surface area contributed by atoms with Crippen molar-refractivity contribution < 1.29 is 17.9 Å². The normalized spacial score (nSPS) is 17.7. The number of nitrogens with one attached hydrogen (secondary N) is 2. The molecule has 0 amide bonds. The molecule has 2 N–H and O–H groups in total.